The number of aromatic nitrogens is 3. The van der Waals surface area contributed by atoms with Crippen LogP contribution in [0, 0.1) is 17.6 Å². The van der Waals surface area contributed by atoms with Crippen molar-refractivity contribution in [3.05, 3.63) is 94.5 Å². The van der Waals surface area contributed by atoms with Gasteiger partial charge < -0.3 is 25.8 Å². The molecule has 3 amide bonds. The maximum absolute atomic E-state index is 15.3. The van der Waals surface area contributed by atoms with Gasteiger partial charge in [-0.3, -0.25) is 24.5 Å². The molecule has 4 aliphatic rings. The van der Waals surface area contributed by atoms with Crippen LogP contribution in [-0.4, -0.2) is 74.8 Å². The molecule has 5 N–H and O–H groups in total. The first-order valence-corrected chi connectivity index (χ1v) is 20.7. The molecule has 14 heteroatoms. The fourth-order valence-electron chi connectivity index (χ4n) is 9.26. The van der Waals surface area contributed by atoms with Gasteiger partial charge in [-0.05, 0) is 131 Å². The van der Waals surface area contributed by atoms with Gasteiger partial charge in [0.05, 0.1) is 6.20 Å². The molecule has 0 spiro atoms. The Morgan fingerprint density at radius 3 is 2.28 bits per heavy atom. The van der Waals surface area contributed by atoms with Crippen LogP contribution in [0.3, 0.4) is 0 Å². The third-order valence-electron chi connectivity index (χ3n) is 12.5. The van der Waals surface area contributed by atoms with Crippen LogP contribution in [0.25, 0.3) is 22.4 Å². The van der Waals surface area contributed by atoms with Crippen LogP contribution in [0.4, 0.5) is 20.4 Å². The monoisotopic (exact) mass is 792 g/mol. The van der Waals surface area contributed by atoms with Crippen LogP contribution in [-0.2, 0) is 14.4 Å². The predicted molar refractivity (Wildman–Crippen MR) is 217 cm³/mol. The number of likely N-dealkylation sites (tertiary alicyclic amines) is 1. The summed E-state index contributed by atoms with van der Waals surface area (Å²) >= 11 is 0. The van der Waals surface area contributed by atoms with E-state index in [9.17, 15) is 23.6 Å². The molecule has 2 saturated carbocycles. The zero-order valence-corrected chi connectivity index (χ0v) is 32.4. The third kappa shape index (κ3) is 9.12. The maximum atomic E-state index is 15.3. The number of halogens is 2. The van der Waals surface area contributed by atoms with Gasteiger partial charge >= 0.3 is 0 Å². The summed E-state index contributed by atoms with van der Waals surface area (Å²) in [6.45, 7) is 1.82. The molecule has 2 aliphatic carbocycles. The lowest BCUT2D eigenvalue weighted by Crippen LogP contribution is -2.47. The maximum Gasteiger partial charge on any atom is 0.255 e. The molecule has 0 bridgehead atoms. The second-order valence-corrected chi connectivity index (χ2v) is 16.3. The number of piperidine rings is 2. The molecule has 4 fully saturated rings. The molecule has 2 aromatic heterocycles. The van der Waals surface area contributed by atoms with Crippen molar-refractivity contribution in [1.82, 2.24) is 30.5 Å². The van der Waals surface area contributed by atoms with E-state index in [0.29, 0.717) is 46.4 Å². The first kappa shape index (κ1) is 39.3. The Hall–Kier alpha value is -5.50. The highest BCUT2D eigenvalue weighted by Crippen LogP contribution is 2.35. The third-order valence-corrected chi connectivity index (χ3v) is 12.5. The first-order chi connectivity index (χ1) is 28.2. The van der Waals surface area contributed by atoms with Gasteiger partial charge in [-0.15, -0.1) is 0 Å². The van der Waals surface area contributed by atoms with Crippen molar-refractivity contribution in [2.45, 2.75) is 107 Å². The number of rotatable bonds is 10. The van der Waals surface area contributed by atoms with E-state index in [1.54, 1.807) is 42.6 Å². The molecule has 58 heavy (non-hydrogen) atoms. The zero-order chi connectivity index (χ0) is 40.2. The lowest BCUT2D eigenvalue weighted by Gasteiger charge is -2.41. The van der Waals surface area contributed by atoms with E-state index in [0.717, 1.165) is 83.5 Å². The van der Waals surface area contributed by atoms with Crippen molar-refractivity contribution < 1.29 is 23.2 Å². The van der Waals surface area contributed by atoms with Crippen LogP contribution in [0.15, 0.2) is 71.8 Å². The highest BCUT2D eigenvalue weighted by atomic mass is 19.1. The highest BCUT2D eigenvalue weighted by molar-refractivity contribution is 6.01. The normalized spacial score (nSPS) is 24.5. The van der Waals surface area contributed by atoms with Crippen LogP contribution >= 0.6 is 0 Å². The summed E-state index contributed by atoms with van der Waals surface area (Å²) in [6.07, 6.45) is 12.1. The van der Waals surface area contributed by atoms with E-state index in [2.05, 4.69) is 41.1 Å². The van der Waals surface area contributed by atoms with E-state index in [1.807, 2.05) is 12.1 Å². The van der Waals surface area contributed by atoms with Crippen molar-refractivity contribution >= 4 is 29.4 Å². The number of anilines is 2. The van der Waals surface area contributed by atoms with E-state index in [1.165, 1.54) is 6.07 Å². The Morgan fingerprint density at radius 1 is 0.776 bits per heavy atom. The molecular formula is C44H50F2N8O4. The number of H-pyrrole nitrogens is 1. The van der Waals surface area contributed by atoms with Gasteiger partial charge in [-0.25, -0.2) is 18.7 Å². The molecule has 1 atom stereocenters. The number of nitrogens with zero attached hydrogens (tertiary/aromatic N) is 3. The number of aromatic amines is 1. The summed E-state index contributed by atoms with van der Waals surface area (Å²) in [6, 6.07) is 15.8. The minimum Gasteiger partial charge on any atom is -0.374 e. The Morgan fingerprint density at radius 2 is 1.53 bits per heavy atom. The smallest absolute Gasteiger partial charge is 0.255 e. The Bertz CT molecular complexity index is 2190. The summed E-state index contributed by atoms with van der Waals surface area (Å²) in [5.74, 6) is -0.935. The van der Waals surface area contributed by atoms with Gasteiger partial charge in [0.2, 0.25) is 23.7 Å². The topological polar surface area (TPSA) is 161 Å². The van der Waals surface area contributed by atoms with Gasteiger partial charge in [-0.1, -0.05) is 24.3 Å². The molecule has 12 nitrogen and oxygen atoms in total. The van der Waals surface area contributed by atoms with Crippen LogP contribution in [0.1, 0.15) is 88.5 Å². The number of amides is 3. The number of hydrogen-bond donors (Lipinski definition) is 5. The van der Waals surface area contributed by atoms with E-state index < -0.39 is 11.9 Å². The largest absolute Gasteiger partial charge is 0.374 e. The predicted octanol–water partition coefficient (Wildman–Crippen LogP) is 6.27. The number of benzene rings is 2. The number of hydrogen-bond acceptors (Lipinski definition) is 9. The Labute approximate surface area is 336 Å². The standard InChI is InChI=1S/C44H50F2N8O4/c45-36-24-32(49-38-16-17-39(55)52-43(38)58)12-15-34(36)26-18-21-54(22-19-26)33-13-10-30(11-14-33)50-41(56)27-6-8-31(9-7-27)51-44-48-25-37(46)40(53-44)29-4-1-3-28(23-29)35-5-2-20-47-42(35)57/h1-5,12,15,20,23-27,30-31,33,38,49H,6-11,13-14,16-19,21-22H2,(H,47,57)(H,50,56)(H,48,51,53)(H,52,55,58)/t27-,30?,31-,33?,38-/m0/s1. The Balaban J connectivity index is 0.760. The van der Waals surface area contributed by atoms with Crippen LogP contribution in [0.5, 0.6) is 0 Å². The van der Waals surface area contributed by atoms with E-state index >= 15 is 4.39 Å². The minimum atomic E-state index is -0.553. The van der Waals surface area contributed by atoms with Crippen molar-refractivity contribution in [2.24, 2.45) is 5.92 Å². The van der Waals surface area contributed by atoms with Gasteiger partial charge in [-0.2, -0.15) is 0 Å². The second kappa shape index (κ2) is 17.6. The molecular weight excluding hydrogens is 743 g/mol. The van der Waals surface area contributed by atoms with Gasteiger partial charge in [0.25, 0.3) is 5.56 Å². The van der Waals surface area contributed by atoms with E-state index in [-0.39, 0.29) is 65.1 Å². The van der Waals surface area contributed by atoms with Gasteiger partial charge in [0, 0.05) is 53.5 Å². The van der Waals surface area contributed by atoms with Gasteiger partial charge in [0.1, 0.15) is 17.6 Å². The lowest BCUT2D eigenvalue weighted by molar-refractivity contribution is -0.133. The fourth-order valence-corrected chi connectivity index (χ4v) is 9.26. The van der Waals surface area contributed by atoms with Crippen molar-refractivity contribution in [1.29, 1.82) is 0 Å². The highest BCUT2D eigenvalue weighted by Gasteiger charge is 2.33. The van der Waals surface area contributed by atoms with Crippen LogP contribution < -0.4 is 26.8 Å². The number of pyridine rings is 1. The van der Waals surface area contributed by atoms with Crippen molar-refractivity contribution in [3.8, 4) is 22.4 Å². The molecule has 0 unspecified atom stereocenters. The molecule has 8 rings (SSSR count). The zero-order valence-electron chi connectivity index (χ0n) is 32.4. The molecule has 2 saturated heterocycles. The SMILES string of the molecule is O=C1CC[C@H](Nc2ccc(C3CCN(C4CCC(NC(=O)[C@H]5CC[C@H](Nc6ncc(F)c(-c7cccc(-c8ccc[nH]c8=O)c7)n6)CC5)CC4)CC3)c(F)c2)C(=O)N1. The average Bonchev–Trinajstić information content (AvgIpc) is 3.23. The minimum absolute atomic E-state index is 0.0500. The van der Waals surface area contributed by atoms with Crippen molar-refractivity contribution in [2.75, 3.05) is 23.7 Å². The summed E-state index contributed by atoms with van der Waals surface area (Å²) in [4.78, 5) is 63.2. The molecule has 4 heterocycles. The van der Waals surface area contributed by atoms with E-state index in [4.69, 9.17) is 0 Å². The number of imide groups is 1. The summed E-state index contributed by atoms with van der Waals surface area (Å²) in [5, 5.41) is 12.1. The number of nitrogens with one attached hydrogen (secondary N) is 5. The molecule has 2 aromatic carbocycles. The lowest BCUT2D eigenvalue weighted by atomic mass is 9.83. The van der Waals surface area contributed by atoms with Gasteiger partial charge in [0.15, 0.2) is 5.82 Å². The quantitative estimate of drug-likeness (QED) is 0.117. The summed E-state index contributed by atoms with van der Waals surface area (Å²) < 4.78 is 30.2. The number of carbonyl (C=O) groups excluding carboxylic acids is 3. The Kier molecular flexibility index (Phi) is 11.9. The first-order valence-electron chi connectivity index (χ1n) is 20.7. The molecule has 0 radical (unpaired) electrons. The average molecular weight is 793 g/mol. The van der Waals surface area contributed by atoms with Crippen molar-refractivity contribution in [3.63, 3.8) is 0 Å². The number of carbonyl (C=O) groups is 3. The summed E-state index contributed by atoms with van der Waals surface area (Å²) in [7, 11) is 0. The molecule has 4 aromatic rings. The fraction of sp³-hybridized carbons (Fsp3) is 0.455. The molecule has 304 valence electrons. The second-order valence-electron chi connectivity index (χ2n) is 16.3. The van der Waals surface area contributed by atoms with Crippen LogP contribution in [0.2, 0.25) is 0 Å². The molecule has 2 aliphatic heterocycles. The summed E-state index contributed by atoms with van der Waals surface area (Å²) in [5.41, 5.74) is 2.87.